The predicted molar refractivity (Wildman–Crippen MR) is 55.8 cm³/mol. The number of hydrogen-bond donors (Lipinski definition) is 0. The molecule has 0 amide bonds. The summed E-state index contributed by atoms with van der Waals surface area (Å²) in [5.41, 5.74) is 0.848. The van der Waals surface area contributed by atoms with Crippen molar-refractivity contribution in [3.05, 3.63) is 29.8 Å². The van der Waals surface area contributed by atoms with Gasteiger partial charge in [-0.3, -0.25) is 0 Å². The summed E-state index contributed by atoms with van der Waals surface area (Å²) in [5, 5.41) is 3.70. The van der Waals surface area contributed by atoms with E-state index in [0.29, 0.717) is 6.61 Å². The molecule has 0 atom stereocenters. The highest BCUT2D eigenvalue weighted by Gasteiger charge is 1.92. The molecule has 0 bridgehead atoms. The van der Waals surface area contributed by atoms with E-state index in [9.17, 15) is 0 Å². The SMILES string of the molecule is CCCO/N=[C]\c1cccc(OC)c1. The van der Waals surface area contributed by atoms with Gasteiger partial charge in [-0.05, 0) is 18.6 Å². The van der Waals surface area contributed by atoms with Crippen LogP contribution in [0.25, 0.3) is 0 Å². The topological polar surface area (TPSA) is 30.8 Å². The van der Waals surface area contributed by atoms with Crippen molar-refractivity contribution in [2.24, 2.45) is 5.16 Å². The fourth-order valence-electron chi connectivity index (χ4n) is 0.915. The Balaban J connectivity index is 2.53. The van der Waals surface area contributed by atoms with Crippen LogP contribution >= 0.6 is 0 Å². The molecule has 0 saturated heterocycles. The molecule has 0 aliphatic carbocycles. The molecular weight excluding hydrogens is 178 g/mol. The molecule has 0 aromatic heterocycles. The van der Waals surface area contributed by atoms with Gasteiger partial charge in [-0.25, -0.2) is 0 Å². The van der Waals surface area contributed by atoms with E-state index in [1.807, 2.05) is 31.2 Å². The van der Waals surface area contributed by atoms with Gasteiger partial charge in [-0.15, -0.1) is 0 Å². The number of methoxy groups -OCH3 is 1. The van der Waals surface area contributed by atoms with Crippen molar-refractivity contribution < 1.29 is 9.57 Å². The monoisotopic (exact) mass is 192 g/mol. The molecule has 0 unspecified atom stereocenters. The molecule has 3 heteroatoms. The average molecular weight is 192 g/mol. The average Bonchev–Trinajstić information content (AvgIpc) is 2.25. The lowest BCUT2D eigenvalue weighted by molar-refractivity contribution is 0.146. The lowest BCUT2D eigenvalue weighted by atomic mass is 10.2. The van der Waals surface area contributed by atoms with Gasteiger partial charge in [0.1, 0.15) is 18.6 Å². The summed E-state index contributed by atoms with van der Waals surface area (Å²) in [5.74, 6) is 0.792. The van der Waals surface area contributed by atoms with Gasteiger partial charge in [0.05, 0.1) is 7.11 Å². The fourth-order valence-corrected chi connectivity index (χ4v) is 0.915. The van der Waals surface area contributed by atoms with Crippen LogP contribution in [0.5, 0.6) is 5.75 Å². The first-order valence-electron chi connectivity index (χ1n) is 4.59. The first kappa shape index (κ1) is 10.6. The number of ether oxygens (including phenoxy) is 1. The molecular formula is C11H14NO2. The molecule has 1 rings (SSSR count). The van der Waals surface area contributed by atoms with Gasteiger partial charge in [0.15, 0.2) is 0 Å². The van der Waals surface area contributed by atoms with Crippen LogP contribution in [0.15, 0.2) is 29.4 Å². The number of benzene rings is 1. The molecule has 0 aliphatic heterocycles. The van der Waals surface area contributed by atoms with Crippen LogP contribution in [0, 0.1) is 0 Å². The molecule has 3 nitrogen and oxygen atoms in total. The highest BCUT2D eigenvalue weighted by molar-refractivity contribution is 5.79. The zero-order valence-corrected chi connectivity index (χ0v) is 8.49. The Morgan fingerprint density at radius 2 is 2.29 bits per heavy atom. The summed E-state index contributed by atoms with van der Waals surface area (Å²) >= 11 is 0. The lowest BCUT2D eigenvalue weighted by Gasteiger charge is -1.99. The Hall–Kier alpha value is -1.51. The second-order valence-corrected chi connectivity index (χ2v) is 2.77. The highest BCUT2D eigenvalue weighted by atomic mass is 16.6. The van der Waals surface area contributed by atoms with E-state index in [-0.39, 0.29) is 0 Å². The van der Waals surface area contributed by atoms with Crippen LogP contribution in [0.4, 0.5) is 0 Å². The molecule has 14 heavy (non-hydrogen) atoms. The van der Waals surface area contributed by atoms with Crippen molar-refractivity contribution in [2.45, 2.75) is 13.3 Å². The van der Waals surface area contributed by atoms with E-state index in [0.717, 1.165) is 17.7 Å². The quantitative estimate of drug-likeness (QED) is 0.407. The molecule has 1 aromatic carbocycles. The third-order valence-electron chi connectivity index (χ3n) is 1.60. The molecule has 0 N–H and O–H groups in total. The normalized spacial score (nSPS) is 10.4. The molecule has 0 fully saturated rings. The summed E-state index contributed by atoms with van der Waals surface area (Å²) in [6, 6.07) is 7.49. The largest absolute Gasteiger partial charge is 0.497 e. The smallest absolute Gasteiger partial charge is 0.139 e. The van der Waals surface area contributed by atoms with Gasteiger partial charge >= 0.3 is 0 Å². The number of hydrogen-bond acceptors (Lipinski definition) is 3. The first-order valence-corrected chi connectivity index (χ1v) is 4.59. The van der Waals surface area contributed by atoms with E-state index >= 15 is 0 Å². The van der Waals surface area contributed by atoms with Gasteiger partial charge < -0.3 is 9.57 Å². The Morgan fingerprint density at radius 3 is 3.00 bits per heavy atom. The maximum Gasteiger partial charge on any atom is 0.139 e. The van der Waals surface area contributed by atoms with Gasteiger partial charge in [0.2, 0.25) is 0 Å². The Bertz CT molecular complexity index is 297. The van der Waals surface area contributed by atoms with Crippen LogP contribution in [0.1, 0.15) is 18.9 Å². The Kier molecular flexibility index (Phi) is 4.55. The Labute approximate surface area is 84.3 Å². The minimum atomic E-state index is 0.622. The maximum absolute atomic E-state index is 5.06. The fraction of sp³-hybridized carbons (Fsp3) is 0.364. The number of rotatable bonds is 5. The van der Waals surface area contributed by atoms with Crippen molar-refractivity contribution >= 4 is 6.21 Å². The first-order chi connectivity index (χ1) is 6.86. The summed E-state index contributed by atoms with van der Waals surface area (Å²) in [4.78, 5) is 4.93. The van der Waals surface area contributed by atoms with Gasteiger partial charge in [0, 0.05) is 5.56 Å². The third-order valence-corrected chi connectivity index (χ3v) is 1.60. The van der Waals surface area contributed by atoms with Crippen molar-refractivity contribution in [3.63, 3.8) is 0 Å². The summed E-state index contributed by atoms with van der Waals surface area (Å²) < 4.78 is 5.06. The summed E-state index contributed by atoms with van der Waals surface area (Å²) in [6.45, 7) is 2.65. The van der Waals surface area contributed by atoms with Crippen LogP contribution in [-0.2, 0) is 4.84 Å². The van der Waals surface area contributed by atoms with Gasteiger partial charge in [-0.2, -0.15) is 0 Å². The standard InChI is InChI=1S/C11H14NO2/c1-3-7-14-12-9-10-5-4-6-11(8-10)13-2/h4-6,8H,3,7H2,1-2H3. The van der Waals surface area contributed by atoms with Crippen LogP contribution < -0.4 is 4.74 Å². The third kappa shape index (κ3) is 3.47. The van der Waals surface area contributed by atoms with Gasteiger partial charge in [-0.1, -0.05) is 24.2 Å². The Morgan fingerprint density at radius 1 is 1.43 bits per heavy atom. The van der Waals surface area contributed by atoms with E-state index in [1.165, 1.54) is 0 Å². The second kappa shape index (κ2) is 6.02. The van der Waals surface area contributed by atoms with E-state index < -0.39 is 0 Å². The number of nitrogens with zero attached hydrogens (tertiary/aromatic N) is 1. The molecule has 0 spiro atoms. The molecule has 1 radical (unpaired) electrons. The van der Waals surface area contributed by atoms with Gasteiger partial charge in [0.25, 0.3) is 0 Å². The van der Waals surface area contributed by atoms with E-state index in [1.54, 1.807) is 7.11 Å². The minimum Gasteiger partial charge on any atom is -0.497 e. The second-order valence-electron chi connectivity index (χ2n) is 2.77. The van der Waals surface area contributed by atoms with Crippen LogP contribution in [0.2, 0.25) is 0 Å². The molecule has 1 aromatic rings. The summed E-state index contributed by atoms with van der Waals surface area (Å²) in [7, 11) is 1.63. The molecule has 75 valence electrons. The highest BCUT2D eigenvalue weighted by Crippen LogP contribution is 2.10. The van der Waals surface area contributed by atoms with Crippen molar-refractivity contribution in [1.82, 2.24) is 0 Å². The maximum atomic E-state index is 5.06. The minimum absolute atomic E-state index is 0.622. The molecule has 0 heterocycles. The molecule has 0 aliphatic rings. The lowest BCUT2D eigenvalue weighted by Crippen LogP contribution is -1.88. The zero-order chi connectivity index (χ0) is 10.2. The van der Waals surface area contributed by atoms with Crippen molar-refractivity contribution in [3.8, 4) is 5.75 Å². The predicted octanol–water partition coefficient (Wildman–Crippen LogP) is 2.33. The van der Waals surface area contributed by atoms with Crippen LogP contribution in [0.3, 0.4) is 0 Å². The van der Waals surface area contributed by atoms with E-state index in [2.05, 4.69) is 11.4 Å². The molecule has 0 saturated carbocycles. The van der Waals surface area contributed by atoms with E-state index in [4.69, 9.17) is 9.57 Å². The van der Waals surface area contributed by atoms with Crippen molar-refractivity contribution in [2.75, 3.05) is 13.7 Å². The van der Waals surface area contributed by atoms with Crippen LogP contribution in [-0.4, -0.2) is 19.9 Å². The zero-order valence-electron chi connectivity index (χ0n) is 8.49. The van der Waals surface area contributed by atoms with Crippen molar-refractivity contribution in [1.29, 1.82) is 0 Å². The summed E-state index contributed by atoms with van der Waals surface area (Å²) in [6.07, 6.45) is 3.72.